The van der Waals surface area contributed by atoms with Crippen LogP contribution >= 0.6 is 11.6 Å². The van der Waals surface area contributed by atoms with Gasteiger partial charge in [-0.2, -0.15) is 0 Å². The SMILES string of the molecule is COc1ccccc1N1CCN(C(=O)CN2CCN(c3ccccc3Cl)CC2)CC1. The number of ether oxygens (including phenoxy) is 1. The normalized spacial score (nSPS) is 17.9. The summed E-state index contributed by atoms with van der Waals surface area (Å²) in [5.41, 5.74) is 2.18. The topological polar surface area (TPSA) is 39.3 Å². The molecule has 2 aliphatic heterocycles. The molecule has 0 radical (unpaired) electrons. The van der Waals surface area contributed by atoms with Crippen LogP contribution in [-0.2, 0) is 4.79 Å². The number of benzene rings is 2. The van der Waals surface area contributed by atoms with Crippen molar-refractivity contribution in [2.45, 2.75) is 0 Å². The smallest absolute Gasteiger partial charge is 0.236 e. The number of carbonyl (C=O) groups is 1. The highest BCUT2D eigenvalue weighted by atomic mass is 35.5. The molecule has 2 fully saturated rings. The molecule has 1 amide bonds. The fraction of sp³-hybridized carbons (Fsp3) is 0.435. The maximum Gasteiger partial charge on any atom is 0.236 e. The zero-order chi connectivity index (χ0) is 20.9. The molecule has 2 aromatic rings. The summed E-state index contributed by atoms with van der Waals surface area (Å²) in [7, 11) is 1.70. The molecule has 0 atom stereocenters. The number of rotatable bonds is 5. The van der Waals surface area contributed by atoms with Crippen LogP contribution in [0.1, 0.15) is 0 Å². The summed E-state index contributed by atoms with van der Waals surface area (Å²) in [4.78, 5) is 21.7. The lowest BCUT2D eigenvalue weighted by Gasteiger charge is -2.39. The van der Waals surface area contributed by atoms with E-state index in [1.54, 1.807) is 7.11 Å². The average molecular weight is 429 g/mol. The number of methoxy groups -OCH3 is 1. The minimum absolute atomic E-state index is 0.223. The van der Waals surface area contributed by atoms with Crippen LogP contribution in [0.15, 0.2) is 48.5 Å². The molecule has 4 rings (SSSR count). The Balaban J connectivity index is 1.25. The van der Waals surface area contributed by atoms with E-state index in [9.17, 15) is 4.79 Å². The first kappa shape index (κ1) is 20.8. The predicted octanol–water partition coefficient (Wildman–Crippen LogP) is 2.82. The Morgan fingerprint density at radius 3 is 2.07 bits per heavy atom. The molecule has 160 valence electrons. The quantitative estimate of drug-likeness (QED) is 0.732. The molecule has 0 bridgehead atoms. The van der Waals surface area contributed by atoms with E-state index >= 15 is 0 Å². The number of halogens is 1. The second-order valence-electron chi connectivity index (χ2n) is 7.75. The van der Waals surface area contributed by atoms with E-state index in [4.69, 9.17) is 16.3 Å². The Bertz CT molecular complexity index is 862. The first-order valence-electron chi connectivity index (χ1n) is 10.5. The van der Waals surface area contributed by atoms with Gasteiger partial charge in [-0.3, -0.25) is 9.69 Å². The summed E-state index contributed by atoms with van der Waals surface area (Å²) in [6.45, 7) is 7.16. The average Bonchev–Trinajstić information content (AvgIpc) is 2.80. The second-order valence-corrected chi connectivity index (χ2v) is 8.16. The third-order valence-corrected chi connectivity index (χ3v) is 6.30. The minimum atomic E-state index is 0.223. The molecular formula is C23H29ClN4O2. The predicted molar refractivity (Wildman–Crippen MR) is 122 cm³/mol. The lowest BCUT2D eigenvalue weighted by atomic mass is 10.2. The highest BCUT2D eigenvalue weighted by Crippen LogP contribution is 2.28. The maximum atomic E-state index is 12.8. The van der Waals surface area contributed by atoms with Crippen molar-refractivity contribution in [1.82, 2.24) is 9.80 Å². The molecule has 2 aromatic carbocycles. The molecule has 2 aliphatic rings. The second kappa shape index (κ2) is 9.58. The van der Waals surface area contributed by atoms with Crippen LogP contribution in [0.4, 0.5) is 11.4 Å². The van der Waals surface area contributed by atoms with Crippen LogP contribution in [0.2, 0.25) is 5.02 Å². The molecule has 6 nitrogen and oxygen atoms in total. The van der Waals surface area contributed by atoms with Crippen molar-refractivity contribution in [3.63, 3.8) is 0 Å². The van der Waals surface area contributed by atoms with Gasteiger partial charge < -0.3 is 19.4 Å². The summed E-state index contributed by atoms with van der Waals surface area (Å²) < 4.78 is 5.48. The first-order chi connectivity index (χ1) is 14.7. The molecule has 0 unspecified atom stereocenters. The molecule has 30 heavy (non-hydrogen) atoms. The summed E-state index contributed by atoms with van der Waals surface area (Å²) in [5, 5.41) is 0.787. The number of para-hydroxylation sites is 3. The van der Waals surface area contributed by atoms with E-state index < -0.39 is 0 Å². The standard InChI is InChI=1S/C23H29ClN4O2/c1-30-22-9-5-4-8-21(22)27-14-16-28(17-15-27)23(29)18-25-10-12-26(13-11-25)20-7-3-2-6-19(20)24/h2-9H,10-18H2,1H3. The number of nitrogens with zero attached hydrogens (tertiary/aromatic N) is 4. The van der Waals surface area contributed by atoms with Crippen molar-refractivity contribution in [3.8, 4) is 5.75 Å². The molecule has 0 N–H and O–H groups in total. The molecule has 0 aromatic heterocycles. The largest absolute Gasteiger partial charge is 0.495 e. The number of carbonyl (C=O) groups excluding carboxylic acids is 1. The van der Waals surface area contributed by atoms with Crippen molar-refractivity contribution in [2.75, 3.05) is 75.8 Å². The van der Waals surface area contributed by atoms with Gasteiger partial charge in [-0.25, -0.2) is 0 Å². The van der Waals surface area contributed by atoms with E-state index in [-0.39, 0.29) is 5.91 Å². The number of piperazine rings is 2. The lowest BCUT2D eigenvalue weighted by molar-refractivity contribution is -0.132. The van der Waals surface area contributed by atoms with Crippen LogP contribution in [0.25, 0.3) is 0 Å². The van der Waals surface area contributed by atoms with Crippen LogP contribution in [-0.4, -0.2) is 81.7 Å². The summed E-state index contributed by atoms with van der Waals surface area (Å²) in [6, 6.07) is 16.0. The van der Waals surface area contributed by atoms with Crippen molar-refractivity contribution in [2.24, 2.45) is 0 Å². The lowest BCUT2D eigenvalue weighted by Crippen LogP contribution is -2.54. The molecular weight excluding hydrogens is 400 g/mol. The third kappa shape index (κ3) is 4.65. The Morgan fingerprint density at radius 1 is 0.833 bits per heavy atom. The molecule has 0 spiro atoms. The van der Waals surface area contributed by atoms with E-state index in [0.717, 1.165) is 74.5 Å². The third-order valence-electron chi connectivity index (χ3n) is 5.98. The Morgan fingerprint density at radius 2 is 1.40 bits per heavy atom. The van der Waals surface area contributed by atoms with Gasteiger partial charge in [0, 0.05) is 52.4 Å². The van der Waals surface area contributed by atoms with Gasteiger partial charge in [0.25, 0.3) is 0 Å². The van der Waals surface area contributed by atoms with Crippen LogP contribution < -0.4 is 14.5 Å². The van der Waals surface area contributed by atoms with Gasteiger partial charge in [0.1, 0.15) is 5.75 Å². The summed E-state index contributed by atoms with van der Waals surface area (Å²) in [5.74, 6) is 1.11. The van der Waals surface area contributed by atoms with Gasteiger partial charge in [-0.05, 0) is 24.3 Å². The molecule has 7 heteroatoms. The molecule has 2 heterocycles. The van der Waals surface area contributed by atoms with Crippen LogP contribution in [0, 0.1) is 0 Å². The number of hydrogen-bond acceptors (Lipinski definition) is 5. The van der Waals surface area contributed by atoms with Gasteiger partial charge in [0.15, 0.2) is 0 Å². The van der Waals surface area contributed by atoms with Gasteiger partial charge in [0.05, 0.1) is 30.1 Å². The highest BCUT2D eigenvalue weighted by Gasteiger charge is 2.26. The monoisotopic (exact) mass is 428 g/mol. The zero-order valence-corrected chi connectivity index (χ0v) is 18.2. The Labute approximate surface area is 183 Å². The van der Waals surface area contributed by atoms with Crippen LogP contribution in [0.3, 0.4) is 0 Å². The summed E-state index contributed by atoms with van der Waals surface area (Å²) >= 11 is 6.33. The fourth-order valence-electron chi connectivity index (χ4n) is 4.23. The van der Waals surface area contributed by atoms with E-state index in [1.807, 2.05) is 41.3 Å². The van der Waals surface area contributed by atoms with Gasteiger partial charge in [-0.1, -0.05) is 35.9 Å². The van der Waals surface area contributed by atoms with Crippen molar-refractivity contribution in [1.29, 1.82) is 0 Å². The van der Waals surface area contributed by atoms with E-state index in [2.05, 4.69) is 26.8 Å². The molecule has 2 saturated heterocycles. The van der Waals surface area contributed by atoms with Crippen LogP contribution in [0.5, 0.6) is 5.75 Å². The van der Waals surface area contributed by atoms with Gasteiger partial charge in [-0.15, -0.1) is 0 Å². The van der Waals surface area contributed by atoms with Crippen molar-refractivity contribution in [3.05, 3.63) is 53.6 Å². The van der Waals surface area contributed by atoms with Gasteiger partial charge >= 0.3 is 0 Å². The summed E-state index contributed by atoms with van der Waals surface area (Å²) in [6.07, 6.45) is 0. The van der Waals surface area contributed by atoms with E-state index in [1.165, 1.54) is 0 Å². The number of hydrogen-bond donors (Lipinski definition) is 0. The number of amides is 1. The highest BCUT2D eigenvalue weighted by molar-refractivity contribution is 6.33. The fourth-order valence-corrected chi connectivity index (χ4v) is 4.49. The maximum absolute atomic E-state index is 12.8. The Hall–Kier alpha value is -2.44. The number of anilines is 2. The molecule has 0 saturated carbocycles. The van der Waals surface area contributed by atoms with E-state index in [0.29, 0.717) is 6.54 Å². The van der Waals surface area contributed by atoms with Gasteiger partial charge in [0.2, 0.25) is 5.91 Å². The van der Waals surface area contributed by atoms with Crippen molar-refractivity contribution < 1.29 is 9.53 Å². The molecule has 0 aliphatic carbocycles. The minimum Gasteiger partial charge on any atom is -0.495 e. The Kier molecular flexibility index (Phi) is 6.65. The first-order valence-corrected chi connectivity index (χ1v) is 10.9. The zero-order valence-electron chi connectivity index (χ0n) is 17.5. The van der Waals surface area contributed by atoms with Crippen molar-refractivity contribution >= 4 is 28.9 Å².